The number of nitrogens with zero attached hydrogens (tertiary/aromatic N) is 4. The average Bonchev–Trinajstić information content (AvgIpc) is 3.38. The van der Waals surface area contributed by atoms with E-state index in [-0.39, 0.29) is 17.9 Å². The van der Waals surface area contributed by atoms with Crippen LogP contribution in [-0.4, -0.2) is 49.2 Å². The third-order valence-corrected chi connectivity index (χ3v) is 5.88. The number of aryl methyl sites for hydroxylation is 1. The van der Waals surface area contributed by atoms with Crippen LogP contribution in [0.3, 0.4) is 0 Å². The maximum atomic E-state index is 12.0. The Bertz CT molecular complexity index is 1140. The summed E-state index contributed by atoms with van der Waals surface area (Å²) in [5.41, 5.74) is 2.64. The summed E-state index contributed by atoms with van der Waals surface area (Å²) in [5.74, 6) is 1.70. The minimum absolute atomic E-state index is 0.0124. The molecule has 0 unspecified atom stereocenters. The van der Waals surface area contributed by atoms with Gasteiger partial charge in [-0.25, -0.2) is 9.31 Å². The minimum Gasteiger partial charge on any atom is -0.489 e. The van der Waals surface area contributed by atoms with Crippen LogP contribution < -0.4 is 15.4 Å². The molecule has 3 aromatic heterocycles. The van der Waals surface area contributed by atoms with Gasteiger partial charge < -0.3 is 20.5 Å². The molecule has 0 radical (unpaired) electrons. The van der Waals surface area contributed by atoms with E-state index < -0.39 is 6.09 Å². The van der Waals surface area contributed by atoms with Crippen molar-refractivity contribution in [2.45, 2.75) is 31.7 Å². The molecule has 2 amide bonds. The van der Waals surface area contributed by atoms with Crippen molar-refractivity contribution in [1.82, 2.24) is 24.7 Å². The number of fused-ring (bicyclic) bond motifs is 1. The Kier molecular flexibility index (Phi) is 4.76. The van der Waals surface area contributed by atoms with Gasteiger partial charge >= 0.3 is 6.09 Å². The Labute approximate surface area is 178 Å². The monoisotopic (exact) mass is 424 g/mol. The second-order valence-corrected chi connectivity index (χ2v) is 8.35. The van der Waals surface area contributed by atoms with Crippen LogP contribution in [0.4, 0.5) is 10.6 Å². The molecule has 0 aromatic carbocycles. The van der Waals surface area contributed by atoms with Crippen molar-refractivity contribution in [2.24, 2.45) is 18.9 Å². The molecule has 31 heavy (non-hydrogen) atoms. The Morgan fingerprint density at radius 1 is 1.29 bits per heavy atom. The van der Waals surface area contributed by atoms with Crippen molar-refractivity contribution in [2.75, 3.05) is 11.9 Å². The van der Waals surface area contributed by atoms with Gasteiger partial charge in [-0.3, -0.25) is 9.48 Å². The van der Waals surface area contributed by atoms with Crippen molar-refractivity contribution < 1.29 is 19.4 Å². The molecule has 10 heteroatoms. The number of pyridine rings is 1. The molecule has 2 aliphatic rings. The first-order valence-corrected chi connectivity index (χ1v) is 10.4. The first-order valence-electron chi connectivity index (χ1n) is 10.4. The molecule has 2 saturated carbocycles. The Morgan fingerprint density at radius 2 is 2.10 bits per heavy atom. The van der Waals surface area contributed by atoms with E-state index in [0.29, 0.717) is 24.1 Å². The molecule has 0 aliphatic heterocycles. The molecule has 10 nitrogen and oxygen atoms in total. The molecule has 2 fully saturated rings. The van der Waals surface area contributed by atoms with E-state index >= 15 is 0 Å². The van der Waals surface area contributed by atoms with Gasteiger partial charge in [-0.1, -0.05) is 0 Å². The number of hydrogen-bond acceptors (Lipinski definition) is 5. The highest BCUT2D eigenvalue weighted by atomic mass is 16.5. The summed E-state index contributed by atoms with van der Waals surface area (Å²) < 4.78 is 9.53. The largest absolute Gasteiger partial charge is 0.489 e. The maximum absolute atomic E-state index is 12.0. The third-order valence-electron chi connectivity index (χ3n) is 5.88. The predicted molar refractivity (Wildman–Crippen MR) is 112 cm³/mol. The average molecular weight is 424 g/mol. The Morgan fingerprint density at radius 3 is 2.84 bits per heavy atom. The summed E-state index contributed by atoms with van der Waals surface area (Å²) in [6, 6.07) is 5.79. The van der Waals surface area contributed by atoms with Crippen molar-refractivity contribution in [1.29, 1.82) is 0 Å². The van der Waals surface area contributed by atoms with Gasteiger partial charge in [-0.15, -0.1) is 0 Å². The van der Waals surface area contributed by atoms with Crippen LogP contribution in [-0.2, 0) is 11.8 Å². The number of carbonyl (C=O) groups is 2. The zero-order chi connectivity index (χ0) is 21.5. The van der Waals surface area contributed by atoms with Crippen molar-refractivity contribution in [3.8, 4) is 17.0 Å². The third kappa shape index (κ3) is 4.05. The standard InChI is InChI=1S/C21H24N6O4/c1-26-19(17(10-22-26)31-11-12-6-15(7-12)23-21(29)30)14-4-5-27-16(8-14)9-18(25-27)24-20(28)13-2-3-13/h4-5,8-10,12-13,15,23H,2-3,6-7,11H2,1H3,(H,29,30)(H,24,25,28). The lowest BCUT2D eigenvalue weighted by atomic mass is 9.81. The highest BCUT2D eigenvalue weighted by molar-refractivity contribution is 5.93. The molecule has 0 bridgehead atoms. The Balaban J connectivity index is 1.29. The fraction of sp³-hybridized carbons (Fsp3) is 0.429. The molecule has 0 saturated heterocycles. The fourth-order valence-electron chi connectivity index (χ4n) is 4.00. The summed E-state index contributed by atoms with van der Waals surface area (Å²) >= 11 is 0. The van der Waals surface area contributed by atoms with E-state index in [4.69, 9.17) is 9.84 Å². The fourth-order valence-corrected chi connectivity index (χ4v) is 4.00. The number of carboxylic acid groups (broad SMARTS) is 1. The van der Waals surface area contributed by atoms with Crippen LogP contribution >= 0.6 is 0 Å². The highest BCUT2D eigenvalue weighted by Gasteiger charge is 2.31. The number of anilines is 1. The summed E-state index contributed by atoms with van der Waals surface area (Å²) in [4.78, 5) is 22.7. The second-order valence-electron chi connectivity index (χ2n) is 8.35. The SMILES string of the molecule is Cn1ncc(OCC2CC(NC(=O)O)C2)c1-c1ccn2nc(NC(=O)C3CC3)cc2c1. The lowest BCUT2D eigenvalue weighted by Gasteiger charge is -2.34. The molecule has 5 rings (SSSR count). The molecular weight excluding hydrogens is 400 g/mol. The molecule has 2 aliphatic carbocycles. The van der Waals surface area contributed by atoms with Crippen LogP contribution in [0.1, 0.15) is 25.7 Å². The number of amides is 2. The number of rotatable bonds is 7. The predicted octanol–water partition coefficient (Wildman–Crippen LogP) is 2.51. The summed E-state index contributed by atoms with van der Waals surface area (Å²) in [5, 5.41) is 22.9. The molecule has 3 N–H and O–H groups in total. The van der Waals surface area contributed by atoms with E-state index in [2.05, 4.69) is 20.8 Å². The summed E-state index contributed by atoms with van der Waals surface area (Å²) in [6.07, 6.45) is 6.02. The number of nitrogens with one attached hydrogen (secondary N) is 2. The van der Waals surface area contributed by atoms with Crippen molar-refractivity contribution >= 4 is 23.3 Å². The van der Waals surface area contributed by atoms with E-state index in [0.717, 1.165) is 42.5 Å². The second kappa shape index (κ2) is 7.60. The first kappa shape index (κ1) is 19.4. The van der Waals surface area contributed by atoms with Gasteiger partial charge in [-0.2, -0.15) is 10.2 Å². The highest BCUT2D eigenvalue weighted by Crippen LogP contribution is 2.34. The van der Waals surface area contributed by atoms with Crippen molar-refractivity contribution in [3.63, 3.8) is 0 Å². The van der Waals surface area contributed by atoms with Crippen LogP contribution in [0.2, 0.25) is 0 Å². The topological polar surface area (TPSA) is 123 Å². The number of carbonyl (C=O) groups excluding carboxylic acids is 1. The van der Waals surface area contributed by atoms with E-state index in [1.807, 2.05) is 31.4 Å². The quantitative estimate of drug-likeness (QED) is 0.536. The normalized spacial score (nSPS) is 20.3. The van der Waals surface area contributed by atoms with Gasteiger partial charge in [0.05, 0.1) is 18.3 Å². The lowest BCUT2D eigenvalue weighted by Crippen LogP contribution is -2.45. The van der Waals surface area contributed by atoms with Gasteiger partial charge in [0.2, 0.25) is 5.91 Å². The van der Waals surface area contributed by atoms with Gasteiger partial charge in [0, 0.05) is 36.8 Å². The molecule has 162 valence electrons. The minimum atomic E-state index is -0.982. The van der Waals surface area contributed by atoms with Gasteiger partial charge in [0.1, 0.15) is 5.69 Å². The summed E-state index contributed by atoms with van der Waals surface area (Å²) in [6.45, 7) is 0.517. The van der Waals surface area contributed by atoms with E-state index in [1.54, 1.807) is 15.4 Å². The Hall–Kier alpha value is -3.56. The molecule has 0 atom stereocenters. The zero-order valence-corrected chi connectivity index (χ0v) is 17.1. The van der Waals surface area contributed by atoms with E-state index in [9.17, 15) is 9.59 Å². The van der Waals surface area contributed by atoms with E-state index in [1.165, 1.54) is 0 Å². The molecule has 3 heterocycles. The van der Waals surface area contributed by atoms with Crippen LogP contribution in [0.5, 0.6) is 5.75 Å². The van der Waals surface area contributed by atoms with Gasteiger partial charge in [-0.05, 0) is 43.7 Å². The van der Waals surface area contributed by atoms with Crippen LogP contribution in [0, 0.1) is 11.8 Å². The maximum Gasteiger partial charge on any atom is 0.404 e. The van der Waals surface area contributed by atoms with Crippen LogP contribution in [0.25, 0.3) is 16.8 Å². The summed E-state index contributed by atoms with van der Waals surface area (Å²) in [7, 11) is 1.86. The molecule has 0 spiro atoms. The van der Waals surface area contributed by atoms with Crippen molar-refractivity contribution in [3.05, 3.63) is 30.6 Å². The lowest BCUT2D eigenvalue weighted by molar-refractivity contribution is -0.117. The number of ether oxygens (including phenoxy) is 1. The zero-order valence-electron chi connectivity index (χ0n) is 17.1. The van der Waals surface area contributed by atoms with Gasteiger partial charge in [0.25, 0.3) is 0 Å². The molecule has 3 aromatic rings. The number of aromatic nitrogens is 4. The molecular formula is C21H24N6O4. The number of hydrogen-bond donors (Lipinski definition) is 3. The van der Waals surface area contributed by atoms with Gasteiger partial charge in [0.15, 0.2) is 11.6 Å². The first-order chi connectivity index (χ1) is 15.0. The smallest absolute Gasteiger partial charge is 0.404 e. The van der Waals surface area contributed by atoms with Crippen LogP contribution in [0.15, 0.2) is 30.6 Å².